The fraction of sp³-hybridized carbons (Fsp3) is 0.615. The SMILES string of the molecule is CCC(CO)(CO)NCc1nccc(OC)c1OC. The number of hydrogen-bond acceptors (Lipinski definition) is 6. The smallest absolute Gasteiger partial charge is 0.183 e. The number of aromatic nitrogens is 1. The van der Waals surface area contributed by atoms with Crippen molar-refractivity contribution in [3.63, 3.8) is 0 Å². The number of hydrogen-bond donors (Lipinski definition) is 3. The van der Waals surface area contributed by atoms with Crippen LogP contribution in [-0.2, 0) is 6.54 Å². The van der Waals surface area contributed by atoms with E-state index >= 15 is 0 Å². The quantitative estimate of drug-likeness (QED) is 0.631. The number of methoxy groups -OCH3 is 2. The Morgan fingerprint density at radius 3 is 2.42 bits per heavy atom. The maximum atomic E-state index is 9.38. The molecule has 0 aliphatic carbocycles. The van der Waals surface area contributed by atoms with Gasteiger partial charge in [0.05, 0.1) is 38.7 Å². The molecule has 1 aromatic heterocycles. The zero-order valence-electron chi connectivity index (χ0n) is 11.6. The molecule has 0 spiro atoms. The lowest BCUT2D eigenvalue weighted by Gasteiger charge is -2.30. The third-order valence-electron chi connectivity index (χ3n) is 3.28. The Balaban J connectivity index is 2.88. The topological polar surface area (TPSA) is 83.8 Å². The Labute approximate surface area is 113 Å². The lowest BCUT2D eigenvalue weighted by Crippen LogP contribution is -2.50. The van der Waals surface area contributed by atoms with Crippen molar-refractivity contribution in [2.75, 3.05) is 27.4 Å². The lowest BCUT2D eigenvalue weighted by molar-refractivity contribution is 0.0859. The predicted molar refractivity (Wildman–Crippen MR) is 71.4 cm³/mol. The van der Waals surface area contributed by atoms with E-state index in [1.54, 1.807) is 26.5 Å². The molecule has 0 saturated heterocycles. The number of nitrogens with one attached hydrogen (secondary N) is 1. The van der Waals surface area contributed by atoms with Gasteiger partial charge in [0, 0.05) is 18.8 Å². The minimum absolute atomic E-state index is 0.147. The van der Waals surface area contributed by atoms with Crippen LogP contribution in [0.25, 0.3) is 0 Å². The average Bonchev–Trinajstić information content (AvgIpc) is 2.48. The van der Waals surface area contributed by atoms with Gasteiger partial charge >= 0.3 is 0 Å². The van der Waals surface area contributed by atoms with Crippen LogP contribution in [0.3, 0.4) is 0 Å². The summed E-state index contributed by atoms with van der Waals surface area (Å²) in [4.78, 5) is 4.23. The normalized spacial score (nSPS) is 11.4. The van der Waals surface area contributed by atoms with E-state index in [2.05, 4.69) is 10.3 Å². The summed E-state index contributed by atoms with van der Waals surface area (Å²) in [5.74, 6) is 1.16. The van der Waals surface area contributed by atoms with Gasteiger partial charge in [0.1, 0.15) is 0 Å². The third-order valence-corrected chi connectivity index (χ3v) is 3.28. The standard InChI is InChI=1S/C13H22N2O4/c1-4-13(8-16,9-17)15-7-10-12(19-3)11(18-2)5-6-14-10/h5-6,15-17H,4,7-9H2,1-3H3. The zero-order valence-corrected chi connectivity index (χ0v) is 11.6. The molecular weight excluding hydrogens is 248 g/mol. The lowest BCUT2D eigenvalue weighted by atomic mass is 9.98. The molecule has 0 unspecified atom stereocenters. The molecule has 0 radical (unpaired) electrons. The third kappa shape index (κ3) is 3.56. The van der Waals surface area contributed by atoms with Gasteiger partial charge in [-0.25, -0.2) is 0 Å². The molecule has 3 N–H and O–H groups in total. The molecule has 0 aliphatic heterocycles. The number of rotatable bonds is 8. The van der Waals surface area contributed by atoms with Gasteiger partial charge in [-0.1, -0.05) is 6.92 Å². The van der Waals surface area contributed by atoms with Crippen LogP contribution in [0.5, 0.6) is 11.5 Å². The van der Waals surface area contributed by atoms with E-state index in [-0.39, 0.29) is 13.2 Å². The molecule has 1 heterocycles. The second-order valence-electron chi connectivity index (χ2n) is 4.30. The number of aliphatic hydroxyl groups is 2. The summed E-state index contributed by atoms with van der Waals surface area (Å²) >= 11 is 0. The molecule has 19 heavy (non-hydrogen) atoms. The Kier molecular flexibility index (Phi) is 6.01. The van der Waals surface area contributed by atoms with Crippen LogP contribution in [0.2, 0.25) is 0 Å². The highest BCUT2D eigenvalue weighted by molar-refractivity contribution is 5.42. The van der Waals surface area contributed by atoms with E-state index in [1.165, 1.54) is 0 Å². The second-order valence-corrected chi connectivity index (χ2v) is 4.30. The fourth-order valence-corrected chi connectivity index (χ4v) is 1.76. The van der Waals surface area contributed by atoms with Gasteiger partial charge in [0.2, 0.25) is 0 Å². The van der Waals surface area contributed by atoms with Gasteiger partial charge in [-0.05, 0) is 6.42 Å². The highest BCUT2D eigenvalue weighted by Crippen LogP contribution is 2.29. The predicted octanol–water partition coefficient (Wildman–Crippen LogP) is 0.322. The van der Waals surface area contributed by atoms with E-state index in [4.69, 9.17) is 9.47 Å². The number of ether oxygens (including phenoxy) is 2. The van der Waals surface area contributed by atoms with Crippen LogP contribution >= 0.6 is 0 Å². The monoisotopic (exact) mass is 270 g/mol. The van der Waals surface area contributed by atoms with Crippen molar-refractivity contribution in [1.29, 1.82) is 0 Å². The van der Waals surface area contributed by atoms with E-state index in [0.29, 0.717) is 30.2 Å². The van der Waals surface area contributed by atoms with E-state index in [1.807, 2.05) is 6.92 Å². The minimum atomic E-state index is -0.713. The average molecular weight is 270 g/mol. The van der Waals surface area contributed by atoms with Gasteiger partial charge in [-0.15, -0.1) is 0 Å². The van der Waals surface area contributed by atoms with Crippen LogP contribution in [0.1, 0.15) is 19.0 Å². The van der Waals surface area contributed by atoms with Gasteiger partial charge in [0.15, 0.2) is 11.5 Å². The molecule has 1 rings (SSSR count). The summed E-state index contributed by atoms with van der Waals surface area (Å²) in [6.45, 7) is 1.98. The molecular formula is C13H22N2O4. The van der Waals surface area contributed by atoms with Crippen LogP contribution in [0.4, 0.5) is 0 Å². The highest BCUT2D eigenvalue weighted by Gasteiger charge is 2.26. The maximum absolute atomic E-state index is 9.38. The summed E-state index contributed by atoms with van der Waals surface area (Å²) in [6.07, 6.45) is 2.23. The van der Waals surface area contributed by atoms with Crippen LogP contribution < -0.4 is 14.8 Å². The molecule has 0 amide bonds. The fourth-order valence-electron chi connectivity index (χ4n) is 1.76. The highest BCUT2D eigenvalue weighted by atomic mass is 16.5. The van der Waals surface area contributed by atoms with Crippen molar-refractivity contribution < 1.29 is 19.7 Å². The van der Waals surface area contributed by atoms with Crippen LogP contribution in [-0.4, -0.2) is 48.2 Å². The van der Waals surface area contributed by atoms with Gasteiger partial charge in [-0.3, -0.25) is 4.98 Å². The molecule has 1 aromatic rings. The van der Waals surface area contributed by atoms with Crippen molar-refractivity contribution in [3.8, 4) is 11.5 Å². The summed E-state index contributed by atoms with van der Waals surface area (Å²) in [7, 11) is 3.11. The summed E-state index contributed by atoms with van der Waals surface area (Å²) in [5.41, 5.74) is -0.0444. The molecule has 0 aromatic carbocycles. The maximum Gasteiger partial charge on any atom is 0.183 e. The van der Waals surface area contributed by atoms with Gasteiger partial charge in [0.25, 0.3) is 0 Å². The summed E-state index contributed by atoms with van der Waals surface area (Å²) < 4.78 is 10.5. The summed E-state index contributed by atoms with van der Waals surface area (Å²) in [5, 5.41) is 21.9. The van der Waals surface area contributed by atoms with Crippen molar-refractivity contribution in [2.45, 2.75) is 25.4 Å². The van der Waals surface area contributed by atoms with Gasteiger partial charge in [-0.2, -0.15) is 0 Å². The summed E-state index contributed by atoms with van der Waals surface area (Å²) in [6, 6.07) is 1.72. The molecule has 0 bridgehead atoms. The minimum Gasteiger partial charge on any atom is -0.493 e. The first-order valence-corrected chi connectivity index (χ1v) is 6.19. The Bertz CT molecular complexity index is 386. The molecule has 0 fully saturated rings. The Morgan fingerprint density at radius 1 is 1.26 bits per heavy atom. The first-order chi connectivity index (χ1) is 9.16. The van der Waals surface area contributed by atoms with Crippen molar-refractivity contribution >= 4 is 0 Å². The number of nitrogens with zero attached hydrogens (tertiary/aromatic N) is 1. The Hall–Kier alpha value is -1.37. The molecule has 6 heteroatoms. The zero-order chi connectivity index (χ0) is 14.3. The van der Waals surface area contributed by atoms with Crippen molar-refractivity contribution in [3.05, 3.63) is 18.0 Å². The Morgan fingerprint density at radius 2 is 1.95 bits per heavy atom. The first kappa shape index (κ1) is 15.7. The van der Waals surface area contributed by atoms with Crippen molar-refractivity contribution in [1.82, 2.24) is 10.3 Å². The van der Waals surface area contributed by atoms with Gasteiger partial charge < -0.3 is 25.0 Å². The molecule has 6 nitrogen and oxygen atoms in total. The van der Waals surface area contributed by atoms with Crippen LogP contribution in [0.15, 0.2) is 12.3 Å². The number of aliphatic hydroxyl groups excluding tert-OH is 2. The molecule has 0 atom stereocenters. The van der Waals surface area contributed by atoms with E-state index < -0.39 is 5.54 Å². The largest absolute Gasteiger partial charge is 0.493 e. The van der Waals surface area contributed by atoms with Crippen molar-refractivity contribution in [2.24, 2.45) is 0 Å². The molecule has 108 valence electrons. The van der Waals surface area contributed by atoms with E-state index in [9.17, 15) is 10.2 Å². The molecule has 0 saturated carbocycles. The van der Waals surface area contributed by atoms with Crippen LogP contribution in [0, 0.1) is 0 Å². The second kappa shape index (κ2) is 7.28. The first-order valence-electron chi connectivity index (χ1n) is 6.19. The molecule has 0 aliphatic rings. The van der Waals surface area contributed by atoms with E-state index in [0.717, 1.165) is 0 Å². The number of pyridine rings is 1.